The van der Waals surface area contributed by atoms with Crippen LogP contribution in [0.25, 0.3) is 0 Å². The molecule has 84 valence electrons. The fourth-order valence-electron chi connectivity index (χ4n) is 2.13. The lowest BCUT2D eigenvalue weighted by atomic mass is 10.0. The second-order valence-electron chi connectivity index (χ2n) is 4.43. The van der Waals surface area contributed by atoms with E-state index in [1.807, 2.05) is 5.38 Å². The fourth-order valence-corrected chi connectivity index (χ4v) is 3.35. The van der Waals surface area contributed by atoms with E-state index in [1.54, 1.807) is 11.3 Å². The van der Waals surface area contributed by atoms with Gasteiger partial charge in [0.25, 0.3) is 0 Å². The highest BCUT2D eigenvalue weighted by Gasteiger charge is 2.16. The minimum atomic E-state index is 0.632. The summed E-state index contributed by atoms with van der Waals surface area (Å²) in [7, 11) is 0. The first-order chi connectivity index (χ1) is 7.24. The Hall–Kier alpha value is -0.0900. The molecule has 1 heterocycles. The minimum Gasteiger partial charge on any atom is -0.359 e. The van der Waals surface area contributed by atoms with Crippen molar-refractivity contribution < 1.29 is 0 Å². The SMILES string of the molecule is CC1CCCC(Nc2nc(Br)cs2)CC1. The van der Waals surface area contributed by atoms with Gasteiger partial charge in [-0.25, -0.2) is 4.98 Å². The molecule has 0 saturated heterocycles. The molecule has 0 amide bonds. The Morgan fingerprint density at radius 1 is 1.40 bits per heavy atom. The number of rotatable bonds is 2. The Bertz CT molecular complexity index is 313. The highest BCUT2D eigenvalue weighted by Crippen LogP contribution is 2.27. The molecule has 0 radical (unpaired) electrons. The first-order valence-electron chi connectivity index (χ1n) is 5.61. The van der Waals surface area contributed by atoms with E-state index in [1.165, 1.54) is 32.1 Å². The van der Waals surface area contributed by atoms with Gasteiger partial charge in [0.05, 0.1) is 0 Å². The summed E-state index contributed by atoms with van der Waals surface area (Å²) in [4.78, 5) is 4.38. The van der Waals surface area contributed by atoms with Crippen molar-refractivity contribution in [2.24, 2.45) is 5.92 Å². The van der Waals surface area contributed by atoms with Gasteiger partial charge in [-0.2, -0.15) is 0 Å². The third kappa shape index (κ3) is 3.45. The fraction of sp³-hybridized carbons (Fsp3) is 0.727. The first kappa shape index (κ1) is 11.4. The van der Waals surface area contributed by atoms with Crippen LogP contribution in [0, 0.1) is 5.92 Å². The standard InChI is InChI=1S/C11H17BrN2S/c1-8-3-2-4-9(6-5-8)13-11-14-10(12)7-15-11/h7-9H,2-6H2,1H3,(H,13,14). The molecule has 1 N–H and O–H groups in total. The van der Waals surface area contributed by atoms with Crippen LogP contribution >= 0.6 is 27.3 Å². The molecule has 0 aromatic carbocycles. The predicted octanol–water partition coefficient (Wildman–Crippen LogP) is 4.29. The van der Waals surface area contributed by atoms with Crippen LogP contribution in [-0.2, 0) is 0 Å². The average Bonchev–Trinajstić information content (AvgIpc) is 2.48. The maximum atomic E-state index is 4.38. The summed E-state index contributed by atoms with van der Waals surface area (Å²) in [6.07, 6.45) is 6.68. The summed E-state index contributed by atoms with van der Waals surface area (Å²) >= 11 is 5.06. The maximum Gasteiger partial charge on any atom is 0.183 e. The van der Waals surface area contributed by atoms with Gasteiger partial charge in [0.1, 0.15) is 4.60 Å². The number of nitrogens with one attached hydrogen (secondary N) is 1. The predicted molar refractivity (Wildman–Crippen MR) is 69.5 cm³/mol. The summed E-state index contributed by atoms with van der Waals surface area (Å²) in [5, 5.41) is 6.63. The summed E-state index contributed by atoms with van der Waals surface area (Å²) in [6, 6.07) is 0.632. The molecule has 0 aliphatic heterocycles. The lowest BCUT2D eigenvalue weighted by Gasteiger charge is -2.15. The van der Waals surface area contributed by atoms with Crippen LogP contribution in [0.2, 0.25) is 0 Å². The van der Waals surface area contributed by atoms with Crippen molar-refractivity contribution in [1.82, 2.24) is 4.98 Å². The number of nitrogens with zero attached hydrogens (tertiary/aromatic N) is 1. The molecule has 15 heavy (non-hydrogen) atoms. The molecule has 1 aromatic rings. The number of aromatic nitrogens is 1. The second-order valence-corrected chi connectivity index (χ2v) is 6.10. The largest absolute Gasteiger partial charge is 0.359 e. The molecule has 1 aromatic heterocycles. The Morgan fingerprint density at radius 2 is 2.27 bits per heavy atom. The lowest BCUT2D eigenvalue weighted by Crippen LogP contribution is -2.18. The monoisotopic (exact) mass is 288 g/mol. The average molecular weight is 289 g/mol. The van der Waals surface area contributed by atoms with Gasteiger partial charge in [0.2, 0.25) is 0 Å². The Morgan fingerprint density at radius 3 is 3.00 bits per heavy atom. The number of halogens is 1. The zero-order valence-corrected chi connectivity index (χ0v) is 11.4. The van der Waals surface area contributed by atoms with Crippen molar-refractivity contribution in [1.29, 1.82) is 0 Å². The van der Waals surface area contributed by atoms with Crippen molar-refractivity contribution in [2.45, 2.75) is 45.1 Å². The van der Waals surface area contributed by atoms with Crippen molar-refractivity contribution in [3.8, 4) is 0 Å². The van der Waals surface area contributed by atoms with E-state index in [-0.39, 0.29) is 0 Å². The normalized spacial score (nSPS) is 27.3. The molecule has 1 saturated carbocycles. The Labute approximate surface area is 104 Å². The van der Waals surface area contributed by atoms with Crippen LogP contribution in [0.15, 0.2) is 9.98 Å². The summed E-state index contributed by atoms with van der Waals surface area (Å²) in [5.41, 5.74) is 0. The van der Waals surface area contributed by atoms with Crippen molar-refractivity contribution in [3.05, 3.63) is 9.98 Å². The highest BCUT2D eigenvalue weighted by molar-refractivity contribution is 9.10. The van der Waals surface area contributed by atoms with E-state index in [0.717, 1.165) is 15.7 Å². The highest BCUT2D eigenvalue weighted by atomic mass is 79.9. The van der Waals surface area contributed by atoms with Gasteiger partial charge < -0.3 is 5.32 Å². The Kier molecular flexibility index (Phi) is 4.03. The number of anilines is 1. The molecule has 1 fully saturated rings. The van der Waals surface area contributed by atoms with E-state index in [0.29, 0.717) is 6.04 Å². The first-order valence-corrected chi connectivity index (χ1v) is 7.29. The molecule has 1 aliphatic rings. The van der Waals surface area contributed by atoms with E-state index < -0.39 is 0 Å². The van der Waals surface area contributed by atoms with Gasteiger partial charge in [-0.3, -0.25) is 0 Å². The third-order valence-electron chi connectivity index (χ3n) is 3.06. The molecule has 4 heteroatoms. The number of thiazole rings is 1. The molecule has 2 rings (SSSR count). The smallest absolute Gasteiger partial charge is 0.183 e. The van der Waals surface area contributed by atoms with Crippen LogP contribution < -0.4 is 5.32 Å². The minimum absolute atomic E-state index is 0.632. The molecular formula is C11H17BrN2S. The molecule has 0 bridgehead atoms. The van der Waals surface area contributed by atoms with Gasteiger partial charge in [-0.05, 0) is 41.1 Å². The van der Waals surface area contributed by atoms with E-state index in [4.69, 9.17) is 0 Å². The second kappa shape index (κ2) is 5.30. The van der Waals surface area contributed by atoms with Crippen molar-refractivity contribution in [2.75, 3.05) is 5.32 Å². The van der Waals surface area contributed by atoms with Gasteiger partial charge in [0.15, 0.2) is 5.13 Å². The van der Waals surface area contributed by atoms with Crippen LogP contribution in [0.3, 0.4) is 0 Å². The van der Waals surface area contributed by atoms with Crippen molar-refractivity contribution >= 4 is 32.4 Å². The molecule has 2 atom stereocenters. The summed E-state index contributed by atoms with van der Waals surface area (Å²) in [6.45, 7) is 2.36. The van der Waals surface area contributed by atoms with Crippen LogP contribution in [0.1, 0.15) is 39.0 Å². The van der Waals surface area contributed by atoms with Gasteiger partial charge in [0, 0.05) is 11.4 Å². The van der Waals surface area contributed by atoms with Crippen LogP contribution in [0.4, 0.5) is 5.13 Å². The van der Waals surface area contributed by atoms with Crippen LogP contribution in [0.5, 0.6) is 0 Å². The van der Waals surface area contributed by atoms with Gasteiger partial charge >= 0.3 is 0 Å². The molecule has 1 aliphatic carbocycles. The molecule has 2 unspecified atom stereocenters. The number of hydrogen-bond acceptors (Lipinski definition) is 3. The summed E-state index contributed by atoms with van der Waals surface area (Å²) < 4.78 is 0.942. The lowest BCUT2D eigenvalue weighted by molar-refractivity contribution is 0.502. The Balaban J connectivity index is 1.88. The quantitative estimate of drug-likeness (QED) is 0.822. The third-order valence-corrected chi connectivity index (χ3v) is 4.54. The summed E-state index contributed by atoms with van der Waals surface area (Å²) in [5.74, 6) is 0.903. The molecule has 0 spiro atoms. The van der Waals surface area contributed by atoms with E-state index in [2.05, 4.69) is 33.2 Å². The zero-order valence-electron chi connectivity index (χ0n) is 9.00. The zero-order chi connectivity index (χ0) is 10.7. The van der Waals surface area contributed by atoms with E-state index >= 15 is 0 Å². The maximum absolute atomic E-state index is 4.38. The molecular weight excluding hydrogens is 272 g/mol. The molecule has 2 nitrogen and oxygen atoms in total. The van der Waals surface area contributed by atoms with Gasteiger partial charge in [-0.15, -0.1) is 11.3 Å². The van der Waals surface area contributed by atoms with E-state index in [9.17, 15) is 0 Å². The van der Waals surface area contributed by atoms with Crippen molar-refractivity contribution in [3.63, 3.8) is 0 Å². The van der Waals surface area contributed by atoms with Gasteiger partial charge in [-0.1, -0.05) is 19.8 Å². The van der Waals surface area contributed by atoms with Crippen LogP contribution in [-0.4, -0.2) is 11.0 Å². The number of hydrogen-bond donors (Lipinski definition) is 1. The topological polar surface area (TPSA) is 24.9 Å².